The van der Waals surface area contributed by atoms with Crippen LogP contribution in [0.4, 0.5) is 4.79 Å². The van der Waals surface area contributed by atoms with Crippen LogP contribution in [0.2, 0.25) is 5.02 Å². The summed E-state index contributed by atoms with van der Waals surface area (Å²) in [4.78, 5) is 28.5. The van der Waals surface area contributed by atoms with Crippen molar-refractivity contribution in [2.45, 2.75) is 57.0 Å². The number of amides is 2. The SMILES string of the molecule is CN(CCCS(=O)(=O)c1ccc2cc(Cl)ccc2c1)C(=O)CC1CCN(C(=O)OC(C)(C)C)CC1. The number of halogens is 1. The molecule has 2 amide bonds. The average molecular weight is 523 g/mol. The molecule has 2 aromatic rings. The molecule has 0 spiro atoms. The van der Waals surface area contributed by atoms with Gasteiger partial charge in [-0.1, -0.05) is 23.7 Å². The monoisotopic (exact) mass is 522 g/mol. The van der Waals surface area contributed by atoms with Crippen LogP contribution in [0.3, 0.4) is 0 Å². The Bertz CT molecular complexity index is 1170. The van der Waals surface area contributed by atoms with Crippen LogP contribution in [-0.2, 0) is 19.4 Å². The van der Waals surface area contributed by atoms with E-state index in [4.69, 9.17) is 16.3 Å². The molecule has 0 N–H and O–H groups in total. The van der Waals surface area contributed by atoms with Crippen molar-refractivity contribution in [3.8, 4) is 0 Å². The van der Waals surface area contributed by atoms with Gasteiger partial charge in [-0.05, 0) is 81.0 Å². The van der Waals surface area contributed by atoms with E-state index in [-0.39, 0.29) is 28.6 Å². The zero-order valence-electron chi connectivity index (χ0n) is 20.9. The summed E-state index contributed by atoms with van der Waals surface area (Å²) in [5.74, 6) is 0.178. The molecule has 7 nitrogen and oxygen atoms in total. The normalized spacial score (nSPS) is 15.3. The fraction of sp³-hybridized carbons (Fsp3) is 0.538. The van der Waals surface area contributed by atoms with Crippen LogP contribution < -0.4 is 0 Å². The van der Waals surface area contributed by atoms with Gasteiger partial charge in [-0.25, -0.2) is 13.2 Å². The summed E-state index contributed by atoms with van der Waals surface area (Å²) >= 11 is 6.00. The van der Waals surface area contributed by atoms with E-state index in [1.807, 2.05) is 20.8 Å². The summed E-state index contributed by atoms with van der Waals surface area (Å²) in [7, 11) is -1.75. The number of ether oxygens (including phenoxy) is 1. The van der Waals surface area contributed by atoms with Gasteiger partial charge in [0.2, 0.25) is 5.91 Å². The lowest BCUT2D eigenvalue weighted by atomic mass is 9.93. The number of hydrogen-bond donors (Lipinski definition) is 0. The van der Waals surface area contributed by atoms with Crippen LogP contribution in [0.5, 0.6) is 0 Å². The van der Waals surface area contributed by atoms with E-state index in [1.165, 1.54) is 0 Å². The molecule has 192 valence electrons. The van der Waals surface area contributed by atoms with Crippen LogP contribution in [-0.4, -0.2) is 68.3 Å². The number of sulfone groups is 1. The van der Waals surface area contributed by atoms with Crippen molar-refractivity contribution in [3.63, 3.8) is 0 Å². The summed E-state index contributed by atoms with van der Waals surface area (Å²) < 4.78 is 31.0. The number of fused-ring (bicyclic) bond motifs is 1. The quantitative estimate of drug-likeness (QED) is 0.502. The molecule has 1 saturated heterocycles. The second-order valence-electron chi connectivity index (χ2n) is 10.3. The molecule has 0 bridgehead atoms. The second kappa shape index (κ2) is 11.2. The van der Waals surface area contributed by atoms with E-state index in [1.54, 1.807) is 53.2 Å². The Labute approximate surface area is 213 Å². The summed E-state index contributed by atoms with van der Waals surface area (Å²) in [5, 5.41) is 2.31. The molecule has 0 aromatic heterocycles. The number of nitrogens with zero attached hydrogens (tertiary/aromatic N) is 2. The van der Waals surface area contributed by atoms with Crippen molar-refractivity contribution in [1.29, 1.82) is 0 Å². The molecule has 0 radical (unpaired) electrons. The van der Waals surface area contributed by atoms with Crippen molar-refractivity contribution in [2.75, 3.05) is 32.4 Å². The molecule has 1 fully saturated rings. The van der Waals surface area contributed by atoms with Crippen molar-refractivity contribution >= 4 is 44.2 Å². The summed E-state index contributed by atoms with van der Waals surface area (Å²) in [6.45, 7) is 7.05. The zero-order valence-corrected chi connectivity index (χ0v) is 22.5. The van der Waals surface area contributed by atoms with Gasteiger partial charge in [-0.2, -0.15) is 0 Å². The molecule has 35 heavy (non-hydrogen) atoms. The molecular formula is C26H35ClN2O5S. The molecule has 9 heteroatoms. The maximum Gasteiger partial charge on any atom is 0.410 e. The van der Waals surface area contributed by atoms with E-state index >= 15 is 0 Å². The van der Waals surface area contributed by atoms with Crippen LogP contribution in [0.25, 0.3) is 10.8 Å². The minimum Gasteiger partial charge on any atom is -0.444 e. The van der Waals surface area contributed by atoms with E-state index in [9.17, 15) is 18.0 Å². The van der Waals surface area contributed by atoms with Crippen LogP contribution in [0.1, 0.15) is 46.5 Å². The highest BCUT2D eigenvalue weighted by Gasteiger charge is 2.28. The molecule has 0 atom stereocenters. The molecule has 0 aliphatic carbocycles. The molecule has 3 rings (SSSR count). The second-order valence-corrected chi connectivity index (χ2v) is 12.8. The van der Waals surface area contributed by atoms with E-state index in [2.05, 4.69) is 0 Å². The fourth-order valence-corrected chi connectivity index (χ4v) is 5.68. The number of hydrogen-bond acceptors (Lipinski definition) is 5. The first-order valence-corrected chi connectivity index (χ1v) is 14.0. The Balaban J connectivity index is 1.44. The van der Waals surface area contributed by atoms with Gasteiger partial charge in [0.25, 0.3) is 0 Å². The van der Waals surface area contributed by atoms with E-state index in [0.29, 0.717) is 37.5 Å². The van der Waals surface area contributed by atoms with Gasteiger partial charge in [0.05, 0.1) is 10.6 Å². The highest BCUT2D eigenvalue weighted by atomic mass is 35.5. The van der Waals surface area contributed by atoms with Gasteiger partial charge in [0.1, 0.15) is 5.60 Å². The number of piperidine rings is 1. The Morgan fingerprint density at radius 3 is 2.37 bits per heavy atom. The lowest BCUT2D eigenvalue weighted by Crippen LogP contribution is -2.42. The summed E-state index contributed by atoms with van der Waals surface area (Å²) in [5.41, 5.74) is -0.525. The standard InChI is InChI=1S/C26H35ClN2O5S/c1-26(2,3)34-25(31)29-13-10-19(11-14-29)16-24(30)28(4)12-5-15-35(32,33)23-9-7-20-17-22(27)8-6-21(20)18-23/h6-9,17-19H,5,10-16H2,1-4H3. The highest BCUT2D eigenvalue weighted by molar-refractivity contribution is 7.91. The molecule has 0 unspecified atom stereocenters. The van der Waals surface area contributed by atoms with Crippen molar-refractivity contribution < 1.29 is 22.7 Å². The number of rotatable bonds is 7. The van der Waals surface area contributed by atoms with Gasteiger partial charge >= 0.3 is 6.09 Å². The van der Waals surface area contributed by atoms with Gasteiger partial charge in [0.15, 0.2) is 9.84 Å². The fourth-order valence-electron chi connectivity index (χ4n) is 4.17. The van der Waals surface area contributed by atoms with Gasteiger partial charge in [-0.15, -0.1) is 0 Å². The van der Waals surface area contributed by atoms with Gasteiger partial charge in [-0.3, -0.25) is 4.79 Å². The lowest BCUT2D eigenvalue weighted by molar-refractivity contribution is -0.131. The largest absolute Gasteiger partial charge is 0.444 e. The van der Waals surface area contributed by atoms with Crippen LogP contribution >= 0.6 is 11.6 Å². The number of carbonyl (C=O) groups is 2. The molecule has 1 aliphatic heterocycles. The third-order valence-corrected chi connectivity index (χ3v) is 8.23. The van der Waals surface area contributed by atoms with Crippen molar-refractivity contribution in [1.82, 2.24) is 9.80 Å². The first-order valence-electron chi connectivity index (χ1n) is 12.0. The van der Waals surface area contributed by atoms with Crippen LogP contribution in [0.15, 0.2) is 41.3 Å². The minimum absolute atomic E-state index is 0.000648. The molecule has 1 aliphatic rings. The lowest BCUT2D eigenvalue weighted by Gasteiger charge is -2.33. The van der Waals surface area contributed by atoms with Gasteiger partial charge in [0, 0.05) is 38.1 Å². The first-order chi connectivity index (χ1) is 16.3. The van der Waals surface area contributed by atoms with E-state index in [0.717, 1.165) is 23.6 Å². The summed E-state index contributed by atoms with van der Waals surface area (Å²) in [6.07, 6.45) is 1.95. The third-order valence-electron chi connectivity index (χ3n) is 6.19. The third kappa shape index (κ3) is 7.84. The van der Waals surface area contributed by atoms with Crippen LogP contribution in [0, 0.1) is 5.92 Å². The molecule has 0 saturated carbocycles. The molecular weight excluding hydrogens is 488 g/mol. The van der Waals surface area contributed by atoms with E-state index < -0.39 is 15.4 Å². The number of likely N-dealkylation sites (tertiary alicyclic amines) is 1. The minimum atomic E-state index is -3.46. The van der Waals surface area contributed by atoms with Crippen molar-refractivity contribution in [3.05, 3.63) is 41.4 Å². The number of carbonyl (C=O) groups excluding carboxylic acids is 2. The Morgan fingerprint density at radius 2 is 1.71 bits per heavy atom. The number of benzene rings is 2. The average Bonchev–Trinajstić information content (AvgIpc) is 2.77. The Hall–Kier alpha value is -2.32. The summed E-state index contributed by atoms with van der Waals surface area (Å²) in [6, 6.07) is 10.4. The maximum absolute atomic E-state index is 12.8. The zero-order chi connectivity index (χ0) is 25.8. The molecule has 1 heterocycles. The van der Waals surface area contributed by atoms with Gasteiger partial charge < -0.3 is 14.5 Å². The predicted molar refractivity (Wildman–Crippen MR) is 138 cm³/mol. The maximum atomic E-state index is 12.8. The smallest absolute Gasteiger partial charge is 0.410 e. The highest BCUT2D eigenvalue weighted by Crippen LogP contribution is 2.25. The molecule has 2 aromatic carbocycles. The first kappa shape index (κ1) is 27.3. The Kier molecular flexibility index (Phi) is 8.70. The Morgan fingerprint density at radius 1 is 1.09 bits per heavy atom. The van der Waals surface area contributed by atoms with Crippen molar-refractivity contribution in [2.24, 2.45) is 5.92 Å². The predicted octanol–water partition coefficient (Wildman–Crippen LogP) is 5.15. The topological polar surface area (TPSA) is 84.0 Å².